The molecule has 122 valence electrons. The predicted molar refractivity (Wildman–Crippen MR) is 97.7 cm³/mol. The molecule has 0 spiro atoms. The first-order valence-electron chi connectivity index (χ1n) is 8.27. The van der Waals surface area contributed by atoms with Gasteiger partial charge in [-0.2, -0.15) is 5.10 Å². The van der Waals surface area contributed by atoms with Crippen molar-refractivity contribution in [2.24, 2.45) is 16.4 Å². The maximum absolute atomic E-state index is 5.38. The van der Waals surface area contributed by atoms with Crippen LogP contribution in [0.25, 0.3) is 0 Å². The van der Waals surface area contributed by atoms with E-state index < -0.39 is 0 Å². The molecule has 2 N–H and O–H groups in total. The van der Waals surface area contributed by atoms with Crippen LogP contribution in [0.3, 0.4) is 0 Å². The van der Waals surface area contributed by atoms with Crippen molar-refractivity contribution in [3.05, 3.63) is 30.3 Å². The lowest BCUT2D eigenvalue weighted by Gasteiger charge is -2.48. The lowest BCUT2D eigenvalue weighted by atomic mass is 9.72. The molecule has 6 heteroatoms. The number of nitrogens with zero attached hydrogens (tertiary/aromatic N) is 3. The number of thiocarbonyl (C=S) groups is 1. The Morgan fingerprint density at radius 3 is 2.43 bits per heavy atom. The molecule has 0 radical (unpaired) electrons. The minimum absolute atomic E-state index is 0.146. The van der Waals surface area contributed by atoms with Crippen molar-refractivity contribution in [3.8, 4) is 0 Å². The van der Waals surface area contributed by atoms with Crippen molar-refractivity contribution in [2.75, 3.05) is 44.6 Å². The van der Waals surface area contributed by atoms with E-state index in [1.165, 1.54) is 18.8 Å². The lowest BCUT2D eigenvalue weighted by molar-refractivity contribution is 0.130. The first-order valence-corrected chi connectivity index (χ1v) is 8.68. The van der Waals surface area contributed by atoms with Gasteiger partial charge in [0.05, 0.1) is 5.71 Å². The molecule has 0 saturated carbocycles. The summed E-state index contributed by atoms with van der Waals surface area (Å²) in [7, 11) is 0. The monoisotopic (exact) mass is 329 g/mol. The normalized spacial score (nSPS) is 36.7. The van der Waals surface area contributed by atoms with Gasteiger partial charge in [-0.3, -0.25) is 5.43 Å². The molecule has 4 aliphatic heterocycles. The molecule has 0 aliphatic carbocycles. The Morgan fingerprint density at radius 1 is 1.17 bits per heavy atom. The number of benzene rings is 1. The van der Waals surface area contributed by atoms with Gasteiger partial charge in [0.1, 0.15) is 0 Å². The summed E-state index contributed by atoms with van der Waals surface area (Å²) in [6.07, 6.45) is 0. The molecular weight excluding hydrogens is 306 g/mol. The van der Waals surface area contributed by atoms with E-state index in [4.69, 9.17) is 17.3 Å². The zero-order valence-electron chi connectivity index (χ0n) is 13.5. The standard InChI is InChI=1S/C17H23N5S/c1-17-11-21-7-8-22(12-17)10-13(9-21)15(17)19-20-16(23)18-14-5-3-2-4-6-14/h2-6,13H,7-12H2,1H3,(H2,18,20,23)/b19-15-. The minimum Gasteiger partial charge on any atom is -0.331 e. The van der Waals surface area contributed by atoms with Gasteiger partial charge < -0.3 is 15.1 Å². The van der Waals surface area contributed by atoms with Crippen LogP contribution in [0.1, 0.15) is 6.92 Å². The van der Waals surface area contributed by atoms with E-state index in [2.05, 4.69) is 27.5 Å². The number of anilines is 1. The quantitative estimate of drug-likeness (QED) is 0.637. The molecule has 0 aromatic heterocycles. The molecule has 4 saturated heterocycles. The van der Waals surface area contributed by atoms with Gasteiger partial charge in [0, 0.05) is 56.3 Å². The maximum atomic E-state index is 5.38. The molecule has 4 aliphatic rings. The highest BCUT2D eigenvalue weighted by molar-refractivity contribution is 7.80. The van der Waals surface area contributed by atoms with Gasteiger partial charge in [0.25, 0.3) is 0 Å². The fraction of sp³-hybridized carbons (Fsp3) is 0.529. The summed E-state index contributed by atoms with van der Waals surface area (Å²) in [5.74, 6) is 0.525. The number of piperidine rings is 2. The van der Waals surface area contributed by atoms with Crippen molar-refractivity contribution >= 4 is 28.7 Å². The summed E-state index contributed by atoms with van der Waals surface area (Å²) in [5.41, 5.74) is 5.50. The number of rotatable bonds is 2. The first kappa shape index (κ1) is 15.1. The Morgan fingerprint density at radius 2 is 1.83 bits per heavy atom. The van der Waals surface area contributed by atoms with Crippen molar-refractivity contribution in [2.45, 2.75) is 6.92 Å². The highest BCUT2D eigenvalue weighted by Crippen LogP contribution is 2.37. The van der Waals surface area contributed by atoms with Crippen LogP contribution in [-0.4, -0.2) is 59.9 Å². The second-order valence-corrected chi connectivity index (χ2v) is 7.57. The zero-order chi connectivity index (χ0) is 15.9. The van der Waals surface area contributed by atoms with Gasteiger partial charge in [-0.15, -0.1) is 0 Å². The van der Waals surface area contributed by atoms with Crippen LogP contribution >= 0.6 is 12.2 Å². The van der Waals surface area contributed by atoms with Gasteiger partial charge in [-0.05, 0) is 24.4 Å². The number of hydrazone groups is 1. The second kappa shape index (κ2) is 5.85. The van der Waals surface area contributed by atoms with Crippen molar-refractivity contribution in [1.29, 1.82) is 0 Å². The molecule has 2 unspecified atom stereocenters. The van der Waals surface area contributed by atoms with Crippen LogP contribution in [0, 0.1) is 11.3 Å². The number of para-hydroxylation sites is 1. The summed E-state index contributed by atoms with van der Waals surface area (Å²) in [6, 6.07) is 9.96. The van der Waals surface area contributed by atoms with E-state index >= 15 is 0 Å². The molecule has 0 amide bonds. The highest BCUT2D eigenvalue weighted by Gasteiger charge is 2.49. The van der Waals surface area contributed by atoms with Crippen LogP contribution in [0.4, 0.5) is 5.69 Å². The third kappa shape index (κ3) is 2.98. The Balaban J connectivity index is 1.47. The molecule has 4 fully saturated rings. The third-order valence-electron chi connectivity index (χ3n) is 5.15. The molecular formula is C17H23N5S. The van der Waals surface area contributed by atoms with Crippen molar-refractivity contribution in [1.82, 2.24) is 15.2 Å². The molecule has 1 aromatic rings. The smallest absolute Gasteiger partial charge is 0.191 e. The van der Waals surface area contributed by atoms with E-state index in [1.54, 1.807) is 0 Å². The van der Waals surface area contributed by atoms with Crippen molar-refractivity contribution in [3.63, 3.8) is 0 Å². The summed E-state index contributed by atoms with van der Waals surface area (Å²) >= 11 is 5.38. The fourth-order valence-corrected chi connectivity index (χ4v) is 4.48. The van der Waals surface area contributed by atoms with Crippen LogP contribution in [0.2, 0.25) is 0 Å². The molecule has 4 heterocycles. The average molecular weight is 329 g/mol. The largest absolute Gasteiger partial charge is 0.331 e. The van der Waals surface area contributed by atoms with Crippen LogP contribution in [-0.2, 0) is 0 Å². The number of nitrogens with one attached hydrogen (secondary N) is 2. The molecule has 5 nitrogen and oxygen atoms in total. The van der Waals surface area contributed by atoms with E-state index in [9.17, 15) is 0 Å². The summed E-state index contributed by atoms with van der Waals surface area (Å²) in [5, 5.41) is 8.48. The third-order valence-corrected chi connectivity index (χ3v) is 5.34. The summed E-state index contributed by atoms with van der Waals surface area (Å²) in [4.78, 5) is 5.19. The van der Waals surface area contributed by atoms with E-state index in [1.807, 2.05) is 30.3 Å². The molecule has 2 atom stereocenters. The van der Waals surface area contributed by atoms with Gasteiger partial charge in [0.15, 0.2) is 5.11 Å². The van der Waals surface area contributed by atoms with Gasteiger partial charge in [-0.25, -0.2) is 0 Å². The highest BCUT2D eigenvalue weighted by atomic mass is 32.1. The minimum atomic E-state index is 0.146. The summed E-state index contributed by atoms with van der Waals surface area (Å²) in [6.45, 7) is 9.22. The first-order chi connectivity index (χ1) is 11.1. The predicted octanol–water partition coefficient (Wildman–Crippen LogP) is 1.60. The van der Waals surface area contributed by atoms with Crippen LogP contribution in [0.5, 0.6) is 0 Å². The maximum Gasteiger partial charge on any atom is 0.191 e. The number of hydrogen-bond acceptors (Lipinski definition) is 4. The summed E-state index contributed by atoms with van der Waals surface area (Å²) < 4.78 is 0. The van der Waals surface area contributed by atoms with Crippen molar-refractivity contribution < 1.29 is 0 Å². The SMILES string of the molecule is CC12CN3CCN(CC(C3)/C1=N/NC(=S)Nc1ccccc1)C2. The fourth-order valence-electron chi connectivity index (χ4n) is 4.32. The lowest BCUT2D eigenvalue weighted by Crippen LogP contribution is -2.60. The molecule has 4 bridgehead atoms. The van der Waals surface area contributed by atoms with Gasteiger partial charge in [-0.1, -0.05) is 25.1 Å². The number of hydrogen-bond donors (Lipinski definition) is 2. The average Bonchev–Trinajstić information content (AvgIpc) is 2.74. The van der Waals surface area contributed by atoms with Crippen LogP contribution < -0.4 is 10.7 Å². The molecule has 23 heavy (non-hydrogen) atoms. The van der Waals surface area contributed by atoms with E-state index in [0.717, 1.165) is 31.9 Å². The van der Waals surface area contributed by atoms with E-state index in [0.29, 0.717) is 11.0 Å². The Labute approximate surface area is 142 Å². The Hall–Kier alpha value is -1.50. The van der Waals surface area contributed by atoms with E-state index in [-0.39, 0.29) is 5.41 Å². The Bertz CT molecular complexity index is 613. The second-order valence-electron chi connectivity index (χ2n) is 7.16. The van der Waals surface area contributed by atoms with Gasteiger partial charge >= 0.3 is 0 Å². The topological polar surface area (TPSA) is 42.9 Å². The Kier molecular flexibility index (Phi) is 3.83. The molecule has 5 rings (SSSR count). The van der Waals surface area contributed by atoms with Crippen LogP contribution in [0.15, 0.2) is 35.4 Å². The zero-order valence-corrected chi connectivity index (χ0v) is 14.3. The van der Waals surface area contributed by atoms with Gasteiger partial charge in [0.2, 0.25) is 0 Å². The molecule has 1 aromatic carbocycles. The number of fused-ring (bicyclic) bond motifs is 1.